The molecule has 106 valence electrons. The van der Waals surface area contributed by atoms with E-state index in [1.54, 1.807) is 12.4 Å². The van der Waals surface area contributed by atoms with E-state index in [0.717, 1.165) is 12.0 Å². The number of hydrogen-bond acceptors (Lipinski definition) is 6. The van der Waals surface area contributed by atoms with Gasteiger partial charge in [-0.25, -0.2) is 4.98 Å². The molecule has 2 heterocycles. The van der Waals surface area contributed by atoms with Gasteiger partial charge in [0, 0.05) is 24.5 Å². The van der Waals surface area contributed by atoms with Crippen LogP contribution >= 0.6 is 11.8 Å². The van der Waals surface area contributed by atoms with Gasteiger partial charge in [-0.3, -0.25) is 9.78 Å². The SMILES string of the molecule is CCC(N)C(Sc1nc(N)cc(=O)[nH]1)c1cccnc1. The lowest BCUT2D eigenvalue weighted by Crippen LogP contribution is -2.26. The summed E-state index contributed by atoms with van der Waals surface area (Å²) in [6.45, 7) is 2.02. The zero-order valence-electron chi connectivity index (χ0n) is 11.1. The van der Waals surface area contributed by atoms with Crippen LogP contribution in [0.25, 0.3) is 0 Å². The quantitative estimate of drug-likeness (QED) is 0.566. The van der Waals surface area contributed by atoms with Crippen LogP contribution < -0.4 is 17.0 Å². The van der Waals surface area contributed by atoms with Crippen LogP contribution in [0.5, 0.6) is 0 Å². The number of nitrogens with two attached hydrogens (primary N) is 2. The van der Waals surface area contributed by atoms with Crippen molar-refractivity contribution in [3.8, 4) is 0 Å². The molecule has 0 aliphatic carbocycles. The van der Waals surface area contributed by atoms with E-state index in [9.17, 15) is 4.79 Å². The lowest BCUT2D eigenvalue weighted by molar-refractivity contribution is 0.631. The van der Waals surface area contributed by atoms with Crippen molar-refractivity contribution in [3.05, 3.63) is 46.5 Å². The molecule has 0 amide bonds. The minimum absolute atomic E-state index is 0.0429. The van der Waals surface area contributed by atoms with Crippen molar-refractivity contribution >= 4 is 17.6 Å². The number of pyridine rings is 1. The van der Waals surface area contributed by atoms with E-state index in [2.05, 4.69) is 15.0 Å². The van der Waals surface area contributed by atoms with Crippen molar-refractivity contribution < 1.29 is 0 Å². The van der Waals surface area contributed by atoms with Crippen LogP contribution in [-0.4, -0.2) is 21.0 Å². The predicted molar refractivity (Wildman–Crippen MR) is 80.4 cm³/mol. The lowest BCUT2D eigenvalue weighted by Gasteiger charge is -2.21. The van der Waals surface area contributed by atoms with Crippen LogP contribution in [0, 0.1) is 0 Å². The molecule has 0 bridgehead atoms. The fourth-order valence-corrected chi connectivity index (χ4v) is 2.99. The number of H-pyrrole nitrogens is 1. The fourth-order valence-electron chi connectivity index (χ4n) is 1.79. The van der Waals surface area contributed by atoms with Crippen molar-refractivity contribution in [1.82, 2.24) is 15.0 Å². The van der Waals surface area contributed by atoms with Crippen molar-refractivity contribution in [2.45, 2.75) is 29.8 Å². The summed E-state index contributed by atoms with van der Waals surface area (Å²) in [4.78, 5) is 22.3. The van der Waals surface area contributed by atoms with E-state index >= 15 is 0 Å². The maximum Gasteiger partial charge on any atom is 0.253 e. The average Bonchev–Trinajstić information content (AvgIpc) is 2.44. The molecule has 0 aliphatic rings. The van der Waals surface area contributed by atoms with Crippen molar-refractivity contribution in [2.75, 3.05) is 5.73 Å². The van der Waals surface area contributed by atoms with Crippen LogP contribution in [0.1, 0.15) is 24.2 Å². The summed E-state index contributed by atoms with van der Waals surface area (Å²) >= 11 is 1.39. The third-order valence-corrected chi connectivity index (χ3v) is 4.14. The second-order valence-corrected chi connectivity index (χ2v) is 5.50. The molecule has 0 saturated heterocycles. The largest absolute Gasteiger partial charge is 0.383 e. The van der Waals surface area contributed by atoms with Crippen molar-refractivity contribution in [2.24, 2.45) is 5.73 Å². The Morgan fingerprint density at radius 2 is 2.30 bits per heavy atom. The minimum atomic E-state index is -0.269. The van der Waals surface area contributed by atoms with Crippen LogP contribution in [0.2, 0.25) is 0 Å². The molecule has 5 N–H and O–H groups in total. The third-order valence-electron chi connectivity index (χ3n) is 2.85. The second kappa shape index (κ2) is 6.53. The topological polar surface area (TPSA) is 111 Å². The van der Waals surface area contributed by atoms with Crippen LogP contribution in [-0.2, 0) is 0 Å². The Kier molecular flexibility index (Phi) is 4.75. The van der Waals surface area contributed by atoms with E-state index in [1.807, 2.05) is 19.1 Å². The molecule has 0 aliphatic heterocycles. The first-order valence-corrected chi connectivity index (χ1v) is 7.17. The smallest absolute Gasteiger partial charge is 0.253 e. The van der Waals surface area contributed by atoms with Crippen LogP contribution in [0.4, 0.5) is 5.82 Å². The van der Waals surface area contributed by atoms with Gasteiger partial charge in [0.25, 0.3) is 5.56 Å². The highest BCUT2D eigenvalue weighted by molar-refractivity contribution is 7.99. The highest BCUT2D eigenvalue weighted by Crippen LogP contribution is 2.35. The zero-order valence-corrected chi connectivity index (χ0v) is 11.9. The Hall–Kier alpha value is -1.86. The first-order valence-electron chi connectivity index (χ1n) is 6.29. The maximum absolute atomic E-state index is 11.4. The first-order chi connectivity index (χ1) is 9.60. The number of rotatable bonds is 5. The monoisotopic (exact) mass is 291 g/mol. The maximum atomic E-state index is 11.4. The summed E-state index contributed by atoms with van der Waals surface area (Å²) in [5.74, 6) is 0.200. The molecule has 20 heavy (non-hydrogen) atoms. The molecule has 6 nitrogen and oxygen atoms in total. The Morgan fingerprint density at radius 3 is 2.90 bits per heavy atom. The normalized spacial score (nSPS) is 13.9. The van der Waals surface area contributed by atoms with Crippen LogP contribution in [0.15, 0.2) is 40.5 Å². The Morgan fingerprint density at radius 1 is 1.50 bits per heavy atom. The third kappa shape index (κ3) is 3.58. The van der Waals surface area contributed by atoms with Gasteiger partial charge in [-0.1, -0.05) is 24.8 Å². The number of aromatic nitrogens is 3. The van der Waals surface area contributed by atoms with E-state index in [0.29, 0.717) is 5.16 Å². The molecule has 0 saturated carbocycles. The molecule has 2 atom stereocenters. The molecule has 0 radical (unpaired) electrons. The number of thioether (sulfide) groups is 1. The van der Waals surface area contributed by atoms with Gasteiger partial charge in [0.2, 0.25) is 0 Å². The van der Waals surface area contributed by atoms with Gasteiger partial charge < -0.3 is 16.5 Å². The average molecular weight is 291 g/mol. The Bertz CT molecular complexity index is 616. The molecule has 0 fully saturated rings. The Balaban J connectivity index is 2.31. The molecule has 0 aromatic carbocycles. The molecule has 2 unspecified atom stereocenters. The van der Waals surface area contributed by atoms with E-state index in [4.69, 9.17) is 11.5 Å². The lowest BCUT2D eigenvalue weighted by atomic mass is 10.1. The van der Waals surface area contributed by atoms with Crippen molar-refractivity contribution in [3.63, 3.8) is 0 Å². The summed E-state index contributed by atoms with van der Waals surface area (Å²) in [5.41, 5.74) is 12.5. The number of nitrogen functional groups attached to an aromatic ring is 1. The molecule has 7 heteroatoms. The van der Waals surface area contributed by atoms with Crippen LogP contribution in [0.3, 0.4) is 0 Å². The number of nitrogens with zero attached hydrogens (tertiary/aromatic N) is 2. The minimum Gasteiger partial charge on any atom is -0.383 e. The molecule has 2 rings (SSSR count). The summed E-state index contributed by atoms with van der Waals surface area (Å²) in [5, 5.41) is 0.423. The second-order valence-electron chi connectivity index (χ2n) is 4.37. The molecular weight excluding hydrogens is 274 g/mol. The molecular formula is C13H17N5OS. The van der Waals surface area contributed by atoms with Gasteiger partial charge in [0.15, 0.2) is 5.16 Å². The first kappa shape index (κ1) is 14.5. The number of aromatic amines is 1. The summed E-state index contributed by atoms with van der Waals surface area (Å²) in [6.07, 6.45) is 4.29. The van der Waals surface area contributed by atoms with Gasteiger partial charge in [-0.2, -0.15) is 0 Å². The van der Waals surface area contributed by atoms with Crippen molar-refractivity contribution in [1.29, 1.82) is 0 Å². The Labute approximate surface area is 121 Å². The number of anilines is 1. The number of nitrogens with one attached hydrogen (secondary N) is 1. The van der Waals surface area contributed by atoms with Gasteiger partial charge in [0.05, 0.1) is 5.25 Å². The van der Waals surface area contributed by atoms with Gasteiger partial charge in [-0.05, 0) is 18.1 Å². The zero-order chi connectivity index (χ0) is 14.5. The van der Waals surface area contributed by atoms with E-state index in [1.165, 1.54) is 17.8 Å². The summed E-state index contributed by atoms with van der Waals surface area (Å²) in [6, 6.07) is 5.00. The highest BCUT2D eigenvalue weighted by atomic mass is 32.2. The standard InChI is InChI=1S/C13H17N5OS/c1-2-9(14)12(8-4-3-5-16-7-8)20-13-17-10(15)6-11(19)18-13/h3-7,9,12H,2,14H2,1H3,(H3,15,17,18,19). The van der Waals surface area contributed by atoms with Gasteiger partial charge in [0.1, 0.15) is 5.82 Å². The molecule has 2 aromatic heterocycles. The number of hydrogen-bond donors (Lipinski definition) is 3. The molecule has 0 spiro atoms. The summed E-state index contributed by atoms with van der Waals surface area (Å²) < 4.78 is 0. The summed E-state index contributed by atoms with van der Waals surface area (Å²) in [7, 11) is 0. The predicted octanol–water partition coefficient (Wildman–Crippen LogP) is 1.32. The molecule has 2 aromatic rings. The van der Waals surface area contributed by atoms with Gasteiger partial charge >= 0.3 is 0 Å². The van der Waals surface area contributed by atoms with Gasteiger partial charge in [-0.15, -0.1) is 0 Å². The van der Waals surface area contributed by atoms with E-state index < -0.39 is 0 Å². The highest BCUT2D eigenvalue weighted by Gasteiger charge is 2.21. The van der Waals surface area contributed by atoms with E-state index in [-0.39, 0.29) is 22.7 Å². The fraction of sp³-hybridized carbons (Fsp3) is 0.308.